The van der Waals surface area contributed by atoms with Crippen LogP contribution in [0.1, 0.15) is 71.3 Å². The van der Waals surface area contributed by atoms with Crippen molar-refractivity contribution in [2.45, 2.75) is 72.4 Å². The predicted molar refractivity (Wildman–Crippen MR) is 114 cm³/mol. The topological polar surface area (TPSA) is 88.8 Å². The van der Waals surface area contributed by atoms with E-state index in [0.29, 0.717) is 31.4 Å². The third kappa shape index (κ3) is 9.40. The lowest BCUT2D eigenvalue weighted by Crippen LogP contribution is -2.38. The highest BCUT2D eigenvalue weighted by Gasteiger charge is 2.13. The molecule has 1 rings (SSSR count). The molecule has 0 fully saturated rings. The molecule has 0 bridgehead atoms. The van der Waals surface area contributed by atoms with Crippen molar-refractivity contribution < 1.29 is 14.1 Å². The molecule has 0 unspecified atom stereocenters. The molecular formula is C18H33IN4O3. The van der Waals surface area contributed by atoms with E-state index in [-0.39, 0.29) is 36.0 Å². The van der Waals surface area contributed by atoms with E-state index >= 15 is 0 Å². The van der Waals surface area contributed by atoms with Gasteiger partial charge in [-0.05, 0) is 33.6 Å². The van der Waals surface area contributed by atoms with E-state index in [1.807, 2.05) is 26.8 Å². The molecule has 0 saturated heterocycles. The largest absolute Gasteiger partial charge is 0.463 e. The van der Waals surface area contributed by atoms with Crippen LogP contribution in [-0.2, 0) is 16.1 Å². The first-order chi connectivity index (χ1) is 12.0. The van der Waals surface area contributed by atoms with Gasteiger partial charge in [0.05, 0.1) is 18.2 Å². The average molecular weight is 480 g/mol. The van der Waals surface area contributed by atoms with Crippen molar-refractivity contribution in [3.63, 3.8) is 0 Å². The zero-order chi connectivity index (χ0) is 18.7. The van der Waals surface area contributed by atoms with Crippen LogP contribution in [-0.4, -0.2) is 36.3 Å². The van der Waals surface area contributed by atoms with Crippen LogP contribution in [0.5, 0.6) is 0 Å². The zero-order valence-corrected chi connectivity index (χ0v) is 18.8. The predicted octanol–water partition coefficient (Wildman–Crippen LogP) is 3.59. The van der Waals surface area contributed by atoms with Crippen LogP contribution in [0.2, 0.25) is 0 Å². The molecule has 0 spiro atoms. The van der Waals surface area contributed by atoms with Gasteiger partial charge in [0.15, 0.2) is 11.7 Å². The normalized spacial score (nSPS) is 11.4. The van der Waals surface area contributed by atoms with Crippen LogP contribution in [0.25, 0.3) is 0 Å². The second-order valence-corrected chi connectivity index (χ2v) is 6.14. The van der Waals surface area contributed by atoms with Crippen molar-refractivity contribution in [2.24, 2.45) is 4.99 Å². The Morgan fingerprint density at radius 3 is 2.54 bits per heavy atom. The molecule has 1 aromatic rings. The maximum Gasteiger partial charge on any atom is 0.307 e. The minimum absolute atomic E-state index is 0. The molecule has 150 valence electrons. The first-order valence-electron chi connectivity index (χ1n) is 9.17. The van der Waals surface area contributed by atoms with Crippen molar-refractivity contribution in [1.29, 1.82) is 0 Å². The Kier molecular flexibility index (Phi) is 13.1. The number of aromatic nitrogens is 1. The third-order valence-electron chi connectivity index (χ3n) is 3.71. The molecule has 7 nitrogen and oxygen atoms in total. The molecule has 1 heterocycles. The number of hydrogen-bond donors (Lipinski definition) is 2. The second-order valence-electron chi connectivity index (χ2n) is 6.14. The van der Waals surface area contributed by atoms with Crippen LogP contribution in [0.4, 0.5) is 0 Å². The summed E-state index contributed by atoms with van der Waals surface area (Å²) < 4.78 is 10.5. The summed E-state index contributed by atoms with van der Waals surface area (Å²) in [6, 6.07) is 1.98. The lowest BCUT2D eigenvalue weighted by Gasteiger charge is -2.11. The van der Waals surface area contributed by atoms with E-state index in [1.54, 1.807) is 0 Å². The third-order valence-corrected chi connectivity index (χ3v) is 3.71. The number of hydrogen-bond acceptors (Lipinski definition) is 5. The minimum atomic E-state index is -0.219. The summed E-state index contributed by atoms with van der Waals surface area (Å²) in [5, 5.41) is 10.4. The molecule has 0 saturated carbocycles. The summed E-state index contributed by atoms with van der Waals surface area (Å²) in [6.45, 7) is 11.6. The standard InChI is InChI=1S/C18H32N4O3.HI/c1-6-14(7-2)16-11-15(25-22-16)12-21-18(19-8-3)20-10-9-17(23)24-13(4)5;/h11,13-14H,6-10,12H2,1-5H3,(H2,19,20,21);1H. The quantitative estimate of drug-likeness (QED) is 0.230. The van der Waals surface area contributed by atoms with Gasteiger partial charge in [0.1, 0.15) is 6.54 Å². The van der Waals surface area contributed by atoms with Gasteiger partial charge in [-0.2, -0.15) is 0 Å². The minimum Gasteiger partial charge on any atom is -0.463 e. The van der Waals surface area contributed by atoms with E-state index in [4.69, 9.17) is 9.26 Å². The average Bonchev–Trinajstić information content (AvgIpc) is 3.02. The molecule has 26 heavy (non-hydrogen) atoms. The lowest BCUT2D eigenvalue weighted by atomic mass is 9.99. The fourth-order valence-corrected chi connectivity index (χ4v) is 2.41. The molecule has 0 aliphatic heterocycles. The number of esters is 1. The Morgan fingerprint density at radius 2 is 1.96 bits per heavy atom. The van der Waals surface area contributed by atoms with E-state index < -0.39 is 0 Å². The number of carbonyl (C=O) groups is 1. The number of aliphatic imine (C=N–C) groups is 1. The Hall–Kier alpha value is -1.32. The Labute approximate surface area is 173 Å². The zero-order valence-electron chi connectivity index (χ0n) is 16.5. The highest BCUT2D eigenvalue weighted by molar-refractivity contribution is 14.0. The molecule has 0 amide bonds. The molecule has 0 aliphatic rings. The van der Waals surface area contributed by atoms with Gasteiger partial charge >= 0.3 is 5.97 Å². The molecule has 1 aromatic heterocycles. The van der Waals surface area contributed by atoms with Gasteiger partial charge < -0.3 is 19.9 Å². The smallest absolute Gasteiger partial charge is 0.307 e. The van der Waals surface area contributed by atoms with Crippen molar-refractivity contribution >= 4 is 35.9 Å². The maximum absolute atomic E-state index is 11.5. The Morgan fingerprint density at radius 1 is 1.27 bits per heavy atom. The first-order valence-corrected chi connectivity index (χ1v) is 9.17. The molecular weight excluding hydrogens is 447 g/mol. The van der Waals surface area contributed by atoms with Gasteiger partial charge in [0.2, 0.25) is 0 Å². The summed E-state index contributed by atoms with van der Waals surface area (Å²) >= 11 is 0. The van der Waals surface area contributed by atoms with Gasteiger partial charge in [0, 0.05) is 25.1 Å². The van der Waals surface area contributed by atoms with Gasteiger partial charge in [-0.1, -0.05) is 19.0 Å². The van der Waals surface area contributed by atoms with Crippen LogP contribution in [0, 0.1) is 0 Å². The molecule has 8 heteroatoms. The number of guanidine groups is 1. The Bertz CT molecular complexity index is 542. The first kappa shape index (κ1) is 24.7. The van der Waals surface area contributed by atoms with Gasteiger partial charge in [-0.15, -0.1) is 24.0 Å². The maximum atomic E-state index is 11.5. The van der Waals surface area contributed by atoms with Crippen molar-refractivity contribution in [2.75, 3.05) is 13.1 Å². The number of halogens is 1. The molecule has 0 aliphatic carbocycles. The Balaban J connectivity index is 0.00000625. The molecule has 0 aromatic carbocycles. The molecule has 0 atom stereocenters. The lowest BCUT2D eigenvalue weighted by molar-refractivity contribution is -0.147. The SMILES string of the molecule is CCNC(=NCc1cc(C(CC)CC)no1)NCCC(=O)OC(C)C.I. The van der Waals surface area contributed by atoms with Gasteiger partial charge in [-0.25, -0.2) is 4.99 Å². The fraction of sp³-hybridized carbons (Fsp3) is 0.722. The number of ether oxygens (including phenoxy) is 1. The van der Waals surface area contributed by atoms with Gasteiger partial charge in [-0.3, -0.25) is 4.79 Å². The van der Waals surface area contributed by atoms with Gasteiger partial charge in [0.25, 0.3) is 0 Å². The van der Waals surface area contributed by atoms with E-state index in [0.717, 1.165) is 30.8 Å². The van der Waals surface area contributed by atoms with E-state index in [1.165, 1.54) is 0 Å². The second kappa shape index (κ2) is 13.8. The van der Waals surface area contributed by atoms with Crippen molar-refractivity contribution in [1.82, 2.24) is 15.8 Å². The monoisotopic (exact) mass is 480 g/mol. The summed E-state index contributed by atoms with van der Waals surface area (Å²) in [4.78, 5) is 16.0. The number of rotatable bonds is 10. The summed E-state index contributed by atoms with van der Waals surface area (Å²) in [7, 11) is 0. The number of nitrogens with zero attached hydrogens (tertiary/aromatic N) is 2. The van der Waals surface area contributed by atoms with E-state index in [9.17, 15) is 4.79 Å². The van der Waals surface area contributed by atoms with E-state index in [2.05, 4.69) is 34.6 Å². The molecule has 0 radical (unpaired) electrons. The summed E-state index contributed by atoms with van der Waals surface area (Å²) in [5.41, 5.74) is 0.990. The summed E-state index contributed by atoms with van der Waals surface area (Å²) in [5.74, 6) is 1.59. The van der Waals surface area contributed by atoms with Crippen LogP contribution in [0.3, 0.4) is 0 Å². The van der Waals surface area contributed by atoms with Crippen LogP contribution >= 0.6 is 24.0 Å². The number of carbonyl (C=O) groups excluding carboxylic acids is 1. The summed E-state index contributed by atoms with van der Waals surface area (Å²) in [6.07, 6.45) is 2.29. The highest BCUT2D eigenvalue weighted by atomic mass is 127. The van der Waals surface area contributed by atoms with Crippen LogP contribution in [0.15, 0.2) is 15.6 Å². The molecule has 2 N–H and O–H groups in total. The number of nitrogens with one attached hydrogen (secondary N) is 2. The van der Waals surface area contributed by atoms with Crippen molar-refractivity contribution in [3.8, 4) is 0 Å². The van der Waals surface area contributed by atoms with Crippen LogP contribution < -0.4 is 10.6 Å². The highest BCUT2D eigenvalue weighted by Crippen LogP contribution is 2.22. The fourth-order valence-electron chi connectivity index (χ4n) is 2.41. The van der Waals surface area contributed by atoms with Crippen molar-refractivity contribution in [3.05, 3.63) is 17.5 Å².